The van der Waals surface area contributed by atoms with E-state index in [9.17, 15) is 38.4 Å². The number of piperidine rings is 1. The number of carbonyl (C=O) groups is 8. The molecule has 4 heterocycles. The normalized spacial score (nSPS) is 20.3. The van der Waals surface area contributed by atoms with Crippen LogP contribution in [-0.2, 0) is 60.9 Å². The molecule has 20 nitrogen and oxygen atoms in total. The van der Waals surface area contributed by atoms with Crippen LogP contribution in [0.4, 0.5) is 0 Å². The van der Waals surface area contributed by atoms with E-state index in [-0.39, 0.29) is 92.0 Å². The van der Waals surface area contributed by atoms with Crippen molar-refractivity contribution in [2.45, 2.75) is 162 Å². The molecule has 8 atom stereocenters. The van der Waals surface area contributed by atoms with E-state index >= 15 is 0 Å². The molecule has 2 bridgehead atoms. The number of aliphatic carboxylic acids is 1. The van der Waals surface area contributed by atoms with Crippen LogP contribution in [0.5, 0.6) is 0 Å². The van der Waals surface area contributed by atoms with E-state index in [2.05, 4.69) is 62.4 Å². The zero-order valence-electron chi connectivity index (χ0n) is 44.2. The molecule has 2 aromatic rings. The Labute approximate surface area is 425 Å². The number of hydrogen-bond donors (Lipinski definition) is 3. The highest BCUT2D eigenvalue weighted by atomic mass is 16.5. The monoisotopic (exact) mass is 1010 g/mol. The summed E-state index contributed by atoms with van der Waals surface area (Å²) in [5.74, 6) is -2.29. The number of likely N-dealkylation sites (N-methyl/N-ethyl adjacent to an activating group) is 1. The highest BCUT2D eigenvalue weighted by Crippen LogP contribution is 2.43. The molecule has 8 unspecified atom stereocenters. The van der Waals surface area contributed by atoms with Crippen molar-refractivity contribution in [3.8, 4) is 0 Å². The Morgan fingerprint density at radius 1 is 0.944 bits per heavy atom. The number of hydrogen-bond acceptors (Lipinski definition) is 12. The molecule has 3 fully saturated rings. The largest absolute Gasteiger partial charge is 0.480 e. The van der Waals surface area contributed by atoms with Crippen LogP contribution in [0, 0.1) is 24.7 Å². The summed E-state index contributed by atoms with van der Waals surface area (Å²) in [4.78, 5) is 104. The van der Waals surface area contributed by atoms with Gasteiger partial charge in [-0.25, -0.2) is 0 Å². The first-order valence-corrected chi connectivity index (χ1v) is 25.4. The molecular weight excluding hydrogens is 927 g/mol. The minimum absolute atomic E-state index is 0.00323. The number of carboxylic acid groups (broad SMARTS) is 1. The predicted molar refractivity (Wildman–Crippen MR) is 269 cm³/mol. The van der Waals surface area contributed by atoms with Gasteiger partial charge in [-0.05, 0) is 63.2 Å². The Morgan fingerprint density at radius 2 is 1.61 bits per heavy atom. The minimum atomic E-state index is -1.04. The molecule has 6 rings (SSSR count). The van der Waals surface area contributed by atoms with Crippen LogP contribution < -0.4 is 10.6 Å². The Bertz CT molecular complexity index is 2080. The van der Waals surface area contributed by atoms with Crippen LogP contribution >= 0.6 is 0 Å². The van der Waals surface area contributed by atoms with Gasteiger partial charge in [-0.15, -0.1) is 5.10 Å². The predicted octanol–water partition coefficient (Wildman–Crippen LogP) is 4.15. The first-order chi connectivity index (χ1) is 34.4. The van der Waals surface area contributed by atoms with Gasteiger partial charge in [0.25, 0.3) is 11.8 Å². The fourth-order valence-electron chi connectivity index (χ4n) is 9.89. The summed E-state index contributed by atoms with van der Waals surface area (Å²) >= 11 is 0. The number of nitrogens with one attached hydrogen (secondary N) is 2. The molecule has 400 valence electrons. The lowest BCUT2D eigenvalue weighted by Crippen LogP contribution is -2.56. The first-order valence-electron chi connectivity index (χ1n) is 25.4. The van der Waals surface area contributed by atoms with Gasteiger partial charge in [0.05, 0.1) is 50.0 Å². The number of aromatic nitrogens is 3. The topological polar surface area (TPSA) is 243 Å². The third-order valence-corrected chi connectivity index (χ3v) is 13.5. The number of amides is 7. The zero-order valence-corrected chi connectivity index (χ0v) is 44.2. The van der Waals surface area contributed by atoms with Crippen molar-refractivity contribution < 1.29 is 52.9 Å². The van der Waals surface area contributed by atoms with Crippen LogP contribution in [0.1, 0.15) is 117 Å². The van der Waals surface area contributed by atoms with Crippen molar-refractivity contribution >= 4 is 47.8 Å². The molecule has 3 N–H and O–H groups in total. The number of rotatable bonds is 22. The molecule has 2 saturated heterocycles. The average molecular weight is 1010 g/mol. The van der Waals surface area contributed by atoms with Crippen molar-refractivity contribution in [2.75, 3.05) is 40.9 Å². The second-order valence-corrected chi connectivity index (χ2v) is 19.2. The van der Waals surface area contributed by atoms with E-state index in [1.54, 1.807) is 41.9 Å². The van der Waals surface area contributed by atoms with Gasteiger partial charge >= 0.3 is 5.97 Å². The summed E-state index contributed by atoms with van der Waals surface area (Å²) in [6.07, 6.45) is 10.8. The molecule has 1 saturated carbocycles. The van der Waals surface area contributed by atoms with Gasteiger partial charge in [0.2, 0.25) is 30.0 Å². The molecular formula is C52H81N9O11. The van der Waals surface area contributed by atoms with E-state index < -0.39 is 36.0 Å². The second-order valence-electron chi connectivity index (χ2n) is 19.2. The van der Waals surface area contributed by atoms with E-state index in [4.69, 9.17) is 14.6 Å². The molecule has 0 spiro atoms. The van der Waals surface area contributed by atoms with Crippen molar-refractivity contribution in [2.24, 2.45) is 17.8 Å². The fourth-order valence-corrected chi connectivity index (χ4v) is 9.89. The van der Waals surface area contributed by atoms with Gasteiger partial charge < -0.3 is 39.9 Å². The number of imide groups is 1. The van der Waals surface area contributed by atoms with Crippen LogP contribution in [0.2, 0.25) is 0 Å². The van der Waals surface area contributed by atoms with Gasteiger partial charge in [-0.2, -0.15) is 0 Å². The third-order valence-electron chi connectivity index (χ3n) is 13.5. The lowest BCUT2D eigenvalue weighted by molar-refractivity contribution is -0.146. The van der Waals surface area contributed by atoms with Gasteiger partial charge in [0.15, 0.2) is 0 Å². The molecule has 7 amide bonds. The molecule has 4 aliphatic rings. The van der Waals surface area contributed by atoms with Crippen molar-refractivity contribution in [3.05, 3.63) is 59.9 Å². The number of ether oxygens (including phenoxy) is 2. The van der Waals surface area contributed by atoms with E-state index in [1.165, 1.54) is 24.1 Å². The molecule has 1 aromatic carbocycles. The summed E-state index contributed by atoms with van der Waals surface area (Å²) in [7, 11) is 4.97. The smallest absolute Gasteiger partial charge is 0.322 e. The summed E-state index contributed by atoms with van der Waals surface area (Å²) in [5, 5.41) is 20.8. The number of nitrogens with zero attached hydrogens (tertiary/aromatic N) is 7. The minimum Gasteiger partial charge on any atom is -0.480 e. The number of benzene rings is 1. The van der Waals surface area contributed by atoms with Gasteiger partial charge in [0, 0.05) is 59.0 Å². The summed E-state index contributed by atoms with van der Waals surface area (Å²) in [6, 6.07) is 9.19. The van der Waals surface area contributed by atoms with Crippen molar-refractivity contribution in [1.82, 2.24) is 45.2 Å². The summed E-state index contributed by atoms with van der Waals surface area (Å²) in [5.41, 5.74) is 1.78. The fraction of sp³-hybridized carbons (Fsp3) is 0.654. The maximum atomic E-state index is 13.8. The SMILES string of the molecule is CCC.CCC(C)C(C(CC(=O)N1CCCC1C(OC)C(C)C)OC)N(C)C(=O)CNC(=O)C1C2CCC(C2)N1C(=O)CCCn1cc(CN2C(=O)C=CC2=O)nn1.Cc1ccccc1.O=CNCC(=O)O. The number of aryl methyl sites for hydroxylation is 2. The van der Waals surface area contributed by atoms with Gasteiger partial charge in [0.1, 0.15) is 18.3 Å². The van der Waals surface area contributed by atoms with Crippen molar-refractivity contribution in [1.29, 1.82) is 0 Å². The second kappa shape index (κ2) is 30.8. The number of carboxylic acids is 1. The summed E-state index contributed by atoms with van der Waals surface area (Å²) < 4.78 is 13.3. The van der Waals surface area contributed by atoms with Crippen molar-refractivity contribution in [3.63, 3.8) is 0 Å². The van der Waals surface area contributed by atoms with E-state index in [0.717, 1.165) is 43.4 Å². The van der Waals surface area contributed by atoms with E-state index in [0.29, 0.717) is 31.6 Å². The van der Waals surface area contributed by atoms with Crippen LogP contribution in [0.15, 0.2) is 48.7 Å². The van der Waals surface area contributed by atoms with Gasteiger partial charge in [-0.1, -0.05) is 95.5 Å². The number of fused-ring (bicyclic) bond motifs is 2. The van der Waals surface area contributed by atoms with E-state index in [1.807, 2.05) is 42.3 Å². The molecule has 3 aliphatic heterocycles. The Balaban J connectivity index is 0.000000684. The average Bonchev–Trinajstić information content (AvgIpc) is 4.23. The lowest BCUT2D eigenvalue weighted by Gasteiger charge is -2.39. The molecule has 1 aromatic heterocycles. The zero-order chi connectivity index (χ0) is 53.5. The summed E-state index contributed by atoms with van der Waals surface area (Å²) in [6.45, 7) is 15.2. The van der Waals surface area contributed by atoms with Crippen LogP contribution in [-0.4, -0.2) is 165 Å². The maximum absolute atomic E-state index is 13.8. The molecule has 20 heteroatoms. The van der Waals surface area contributed by atoms with Crippen LogP contribution in [0.3, 0.4) is 0 Å². The number of carbonyl (C=O) groups excluding carboxylic acids is 7. The maximum Gasteiger partial charge on any atom is 0.322 e. The lowest BCUT2D eigenvalue weighted by atomic mass is 9.90. The Morgan fingerprint density at radius 3 is 2.15 bits per heavy atom. The highest BCUT2D eigenvalue weighted by molar-refractivity contribution is 6.12. The standard InChI is InChI=1S/C39H60N8O8.C7H8.C3H5NO3.C3H8/c1-8-25(4)36(30(54-6)20-34(51)45-18-9-11-29(45)38(55-7)24(2)3)43(5)35(52)21-40-39(53)37-26-13-14-28(19-26)47(37)33(50)12-10-17-44-22-27(41-42-44)23-46-31(48)15-16-32(46)49;1-7-5-3-2-4-6-7;5-2-4-1-3(6)7;1-3-2/h15-16,22,24-26,28-30,36-38H,8-14,17-21,23H2,1-7H3,(H,40,53);2-6H,1H3;2H,1H2,(H,4,5)(H,6,7);3H2,1-2H3. The quantitative estimate of drug-likeness (QED) is 0.111. The molecule has 1 aliphatic carbocycles. The number of methoxy groups -OCH3 is 2. The van der Waals surface area contributed by atoms with Crippen LogP contribution in [0.25, 0.3) is 0 Å². The Kier molecular flexibility index (Phi) is 25.8. The molecule has 0 radical (unpaired) electrons. The number of likely N-dealkylation sites (tertiary alicyclic amines) is 2. The first kappa shape index (κ1) is 60.3. The molecule has 72 heavy (non-hydrogen) atoms. The van der Waals surface area contributed by atoms with Gasteiger partial charge in [-0.3, -0.25) is 47.9 Å². The third kappa shape index (κ3) is 17.6. The Hall–Kier alpha value is -6.02. The highest BCUT2D eigenvalue weighted by Gasteiger charge is 2.51.